The minimum atomic E-state index is -3.98. The maximum Gasteiger partial charge on any atom is 0.244 e. The van der Waals surface area contributed by atoms with Gasteiger partial charge in [-0.3, -0.25) is 13.9 Å². The summed E-state index contributed by atoms with van der Waals surface area (Å²) in [6.45, 7) is 6.76. The molecule has 0 unspecified atom stereocenters. The summed E-state index contributed by atoms with van der Waals surface area (Å²) in [5.41, 5.74) is 0.0441. The van der Waals surface area contributed by atoms with Crippen LogP contribution in [-0.4, -0.2) is 49.5 Å². The van der Waals surface area contributed by atoms with Crippen molar-refractivity contribution in [2.75, 3.05) is 17.1 Å². The van der Waals surface area contributed by atoms with Gasteiger partial charge in [0.25, 0.3) is 0 Å². The van der Waals surface area contributed by atoms with E-state index in [9.17, 15) is 22.4 Å². The van der Waals surface area contributed by atoms with Gasteiger partial charge in [-0.25, -0.2) is 12.8 Å². The number of carbonyl (C=O) groups excluding carboxylic acids is 2. The Kier molecular flexibility index (Phi) is 8.60. The molecule has 0 spiro atoms. The molecule has 0 aromatic heterocycles. The van der Waals surface area contributed by atoms with Gasteiger partial charge in [0.05, 0.1) is 11.9 Å². The molecule has 180 valence electrons. The highest BCUT2D eigenvalue weighted by molar-refractivity contribution is 7.92. The Balaban J connectivity index is 2.44. The van der Waals surface area contributed by atoms with Crippen molar-refractivity contribution in [1.29, 1.82) is 0 Å². The average molecular weight is 478 g/mol. The number of anilines is 1. The molecule has 2 amide bonds. The number of hydrogen-bond donors (Lipinski definition) is 1. The fraction of sp³-hybridized carbons (Fsp3) is 0.417. The van der Waals surface area contributed by atoms with Gasteiger partial charge in [-0.1, -0.05) is 49.4 Å². The highest BCUT2D eigenvalue weighted by Gasteiger charge is 2.33. The molecule has 2 aromatic rings. The normalized spacial score (nSPS) is 12.7. The summed E-state index contributed by atoms with van der Waals surface area (Å²) in [5.74, 6) is -1.71. The van der Waals surface area contributed by atoms with E-state index in [0.717, 1.165) is 22.2 Å². The van der Waals surface area contributed by atoms with Crippen molar-refractivity contribution < 1.29 is 22.4 Å². The van der Waals surface area contributed by atoms with Crippen LogP contribution in [0.25, 0.3) is 0 Å². The quantitative estimate of drug-likeness (QED) is 0.600. The SMILES string of the molecule is CC[C@@H](C(=O)NC(C)(C)C)N(Cc1ccccc1)C(=O)CN(c1ccccc1F)S(C)(=O)=O. The second kappa shape index (κ2) is 10.8. The molecular formula is C24H32FN3O4S. The predicted molar refractivity (Wildman–Crippen MR) is 128 cm³/mol. The molecule has 0 heterocycles. The number of halogens is 1. The van der Waals surface area contributed by atoms with Crippen LogP contribution in [0.1, 0.15) is 39.7 Å². The Bertz CT molecular complexity index is 1070. The molecule has 0 aliphatic rings. The summed E-state index contributed by atoms with van der Waals surface area (Å²) in [6, 6.07) is 13.6. The lowest BCUT2D eigenvalue weighted by molar-refractivity contribution is -0.141. The Morgan fingerprint density at radius 3 is 2.12 bits per heavy atom. The van der Waals surface area contributed by atoms with Crippen LogP contribution in [0.2, 0.25) is 0 Å². The first-order valence-corrected chi connectivity index (χ1v) is 12.6. The van der Waals surface area contributed by atoms with Crippen LogP contribution < -0.4 is 9.62 Å². The molecule has 33 heavy (non-hydrogen) atoms. The number of sulfonamides is 1. The van der Waals surface area contributed by atoms with Gasteiger partial charge in [0.1, 0.15) is 18.4 Å². The van der Waals surface area contributed by atoms with E-state index in [0.29, 0.717) is 6.42 Å². The summed E-state index contributed by atoms with van der Waals surface area (Å²) in [7, 11) is -3.98. The number of rotatable bonds is 9. The van der Waals surface area contributed by atoms with Crippen LogP contribution in [-0.2, 0) is 26.2 Å². The summed E-state index contributed by atoms with van der Waals surface area (Å²) < 4.78 is 40.1. The molecule has 1 N–H and O–H groups in total. The predicted octanol–water partition coefficient (Wildman–Crippen LogP) is 3.31. The third kappa shape index (κ3) is 7.56. The second-order valence-corrected chi connectivity index (χ2v) is 10.8. The highest BCUT2D eigenvalue weighted by atomic mass is 32.2. The third-order valence-corrected chi connectivity index (χ3v) is 6.01. The molecular weight excluding hydrogens is 445 g/mol. The summed E-state index contributed by atoms with van der Waals surface area (Å²) >= 11 is 0. The number of para-hydroxylation sites is 1. The summed E-state index contributed by atoms with van der Waals surface area (Å²) in [5, 5.41) is 2.89. The molecule has 0 saturated carbocycles. The largest absolute Gasteiger partial charge is 0.350 e. The van der Waals surface area contributed by atoms with Gasteiger partial charge >= 0.3 is 0 Å². The molecule has 0 aliphatic carbocycles. The lowest BCUT2D eigenvalue weighted by Crippen LogP contribution is -2.55. The average Bonchev–Trinajstić information content (AvgIpc) is 2.71. The zero-order valence-electron chi connectivity index (χ0n) is 19.7. The number of nitrogens with zero attached hydrogens (tertiary/aromatic N) is 2. The van der Waals surface area contributed by atoms with E-state index in [1.165, 1.54) is 23.1 Å². The molecule has 0 radical (unpaired) electrons. The van der Waals surface area contributed by atoms with Crippen LogP contribution >= 0.6 is 0 Å². The van der Waals surface area contributed by atoms with E-state index < -0.39 is 39.9 Å². The van der Waals surface area contributed by atoms with Crippen molar-refractivity contribution in [2.24, 2.45) is 0 Å². The molecule has 2 aromatic carbocycles. The number of amides is 2. The van der Waals surface area contributed by atoms with Crippen molar-refractivity contribution in [3.8, 4) is 0 Å². The molecule has 0 fully saturated rings. The van der Waals surface area contributed by atoms with Crippen LogP contribution in [0.4, 0.5) is 10.1 Å². The smallest absolute Gasteiger partial charge is 0.244 e. The Morgan fingerprint density at radius 1 is 1.03 bits per heavy atom. The van der Waals surface area contributed by atoms with Crippen LogP contribution in [0.5, 0.6) is 0 Å². The number of hydrogen-bond acceptors (Lipinski definition) is 4. The first-order valence-electron chi connectivity index (χ1n) is 10.7. The molecule has 0 saturated heterocycles. The maximum atomic E-state index is 14.4. The third-order valence-electron chi connectivity index (χ3n) is 4.88. The van der Waals surface area contributed by atoms with Crippen molar-refractivity contribution in [2.45, 2.75) is 52.2 Å². The van der Waals surface area contributed by atoms with Crippen LogP contribution in [0.15, 0.2) is 54.6 Å². The van der Waals surface area contributed by atoms with Gasteiger partial charge < -0.3 is 10.2 Å². The molecule has 2 rings (SSSR count). The number of benzene rings is 2. The topological polar surface area (TPSA) is 86.8 Å². The van der Waals surface area contributed by atoms with E-state index in [1.54, 1.807) is 6.92 Å². The van der Waals surface area contributed by atoms with E-state index in [-0.39, 0.29) is 18.1 Å². The molecule has 0 bridgehead atoms. The van der Waals surface area contributed by atoms with E-state index in [1.807, 2.05) is 51.1 Å². The van der Waals surface area contributed by atoms with Crippen LogP contribution in [0.3, 0.4) is 0 Å². The van der Waals surface area contributed by atoms with Crippen molar-refractivity contribution in [1.82, 2.24) is 10.2 Å². The van der Waals surface area contributed by atoms with Gasteiger partial charge in [-0.05, 0) is 44.9 Å². The van der Waals surface area contributed by atoms with E-state index in [2.05, 4.69) is 5.32 Å². The Labute approximate surface area is 195 Å². The second-order valence-electron chi connectivity index (χ2n) is 8.89. The van der Waals surface area contributed by atoms with E-state index >= 15 is 0 Å². The van der Waals surface area contributed by atoms with Crippen molar-refractivity contribution in [3.63, 3.8) is 0 Å². The summed E-state index contributed by atoms with van der Waals surface area (Å²) in [6.07, 6.45) is 1.23. The number of nitrogens with one attached hydrogen (secondary N) is 1. The highest BCUT2D eigenvalue weighted by Crippen LogP contribution is 2.22. The number of carbonyl (C=O) groups is 2. The minimum Gasteiger partial charge on any atom is -0.350 e. The lowest BCUT2D eigenvalue weighted by atomic mass is 10.1. The monoisotopic (exact) mass is 477 g/mol. The van der Waals surface area contributed by atoms with Crippen molar-refractivity contribution in [3.05, 3.63) is 66.0 Å². The molecule has 0 aliphatic heterocycles. The van der Waals surface area contributed by atoms with Gasteiger partial charge in [0.2, 0.25) is 21.8 Å². The lowest BCUT2D eigenvalue weighted by Gasteiger charge is -2.34. The zero-order valence-corrected chi connectivity index (χ0v) is 20.5. The van der Waals surface area contributed by atoms with Gasteiger partial charge in [-0.15, -0.1) is 0 Å². The fourth-order valence-electron chi connectivity index (χ4n) is 3.40. The van der Waals surface area contributed by atoms with Crippen molar-refractivity contribution >= 4 is 27.5 Å². The first-order chi connectivity index (χ1) is 15.3. The molecule has 1 atom stereocenters. The zero-order chi connectivity index (χ0) is 24.8. The standard InChI is InChI=1S/C24H32FN3O4S/c1-6-20(23(30)26-24(2,3)4)27(16-18-12-8-7-9-13-18)22(29)17-28(33(5,31)32)21-15-11-10-14-19(21)25/h7-15,20H,6,16-17H2,1-5H3,(H,26,30)/t20-/m0/s1. The molecule has 7 nitrogen and oxygen atoms in total. The van der Waals surface area contributed by atoms with Gasteiger partial charge in [0.15, 0.2) is 0 Å². The van der Waals surface area contributed by atoms with E-state index in [4.69, 9.17) is 0 Å². The Morgan fingerprint density at radius 2 is 1.61 bits per heavy atom. The first kappa shape index (κ1) is 26.3. The maximum absolute atomic E-state index is 14.4. The Hall–Kier alpha value is -2.94. The van der Waals surface area contributed by atoms with Crippen LogP contribution in [0, 0.1) is 5.82 Å². The summed E-state index contributed by atoms with van der Waals surface area (Å²) in [4.78, 5) is 27.9. The van der Waals surface area contributed by atoms with Gasteiger partial charge in [-0.2, -0.15) is 0 Å². The minimum absolute atomic E-state index is 0.102. The fourth-order valence-corrected chi connectivity index (χ4v) is 4.25. The molecule has 9 heteroatoms. The van der Waals surface area contributed by atoms with Gasteiger partial charge in [0, 0.05) is 12.1 Å².